The van der Waals surface area contributed by atoms with E-state index in [0.29, 0.717) is 18.2 Å². The van der Waals surface area contributed by atoms with E-state index in [1.54, 1.807) is 0 Å². The first-order valence-corrected chi connectivity index (χ1v) is 7.76. The topological polar surface area (TPSA) is 24.5 Å². The van der Waals surface area contributed by atoms with Gasteiger partial charge in [-0.05, 0) is 38.8 Å². The van der Waals surface area contributed by atoms with Crippen molar-refractivity contribution in [2.75, 3.05) is 26.7 Å². The highest BCUT2D eigenvalue weighted by Gasteiger charge is 2.29. The van der Waals surface area contributed by atoms with Crippen LogP contribution in [0.4, 0.5) is 0 Å². The summed E-state index contributed by atoms with van der Waals surface area (Å²) in [6, 6.07) is 1.31. The van der Waals surface area contributed by atoms with Crippen LogP contribution in [0.3, 0.4) is 0 Å². The summed E-state index contributed by atoms with van der Waals surface area (Å²) in [6.07, 6.45) is 6.71. The van der Waals surface area contributed by atoms with Gasteiger partial charge < -0.3 is 10.1 Å². The van der Waals surface area contributed by atoms with Crippen LogP contribution in [-0.4, -0.2) is 49.8 Å². The predicted molar refractivity (Wildman–Crippen MR) is 78.1 cm³/mol. The summed E-state index contributed by atoms with van der Waals surface area (Å²) in [5, 5.41) is 3.68. The molecule has 3 heteroatoms. The molecule has 3 atom stereocenters. The Balaban J connectivity index is 2.60. The molecule has 0 saturated carbocycles. The first-order valence-electron chi connectivity index (χ1n) is 7.76. The summed E-state index contributed by atoms with van der Waals surface area (Å²) in [4.78, 5) is 2.65. The summed E-state index contributed by atoms with van der Waals surface area (Å²) in [7, 11) is 1.85. The van der Waals surface area contributed by atoms with Gasteiger partial charge in [-0.1, -0.05) is 27.2 Å². The highest BCUT2D eigenvalue weighted by atomic mass is 16.5. The van der Waals surface area contributed by atoms with Gasteiger partial charge in [0.15, 0.2) is 0 Å². The Hall–Kier alpha value is -0.120. The monoisotopic (exact) mass is 256 g/mol. The fourth-order valence-electron chi connectivity index (χ4n) is 3.26. The Morgan fingerprint density at radius 3 is 2.67 bits per heavy atom. The number of nitrogens with one attached hydrogen (secondary N) is 1. The van der Waals surface area contributed by atoms with E-state index >= 15 is 0 Å². The molecule has 1 fully saturated rings. The maximum absolute atomic E-state index is 5.55. The van der Waals surface area contributed by atoms with Crippen LogP contribution in [0.15, 0.2) is 0 Å². The zero-order chi connectivity index (χ0) is 13.4. The van der Waals surface area contributed by atoms with Gasteiger partial charge in [-0.15, -0.1) is 0 Å². The molecule has 1 rings (SSSR count). The lowest BCUT2D eigenvalue weighted by Crippen LogP contribution is -2.54. The number of piperidine rings is 1. The van der Waals surface area contributed by atoms with Crippen LogP contribution in [0, 0.1) is 0 Å². The van der Waals surface area contributed by atoms with Gasteiger partial charge in [0.2, 0.25) is 0 Å². The highest BCUT2D eigenvalue weighted by molar-refractivity contribution is 4.87. The van der Waals surface area contributed by atoms with E-state index in [9.17, 15) is 0 Å². The molecule has 0 amide bonds. The van der Waals surface area contributed by atoms with Crippen LogP contribution < -0.4 is 5.32 Å². The summed E-state index contributed by atoms with van der Waals surface area (Å²) >= 11 is 0. The van der Waals surface area contributed by atoms with Crippen molar-refractivity contribution in [3.63, 3.8) is 0 Å². The van der Waals surface area contributed by atoms with E-state index in [-0.39, 0.29) is 0 Å². The fraction of sp³-hybridized carbons (Fsp3) is 1.00. The molecule has 0 radical (unpaired) electrons. The lowest BCUT2D eigenvalue weighted by Gasteiger charge is -2.41. The summed E-state index contributed by atoms with van der Waals surface area (Å²) in [6.45, 7) is 10.2. The quantitative estimate of drug-likeness (QED) is 0.722. The van der Waals surface area contributed by atoms with Crippen molar-refractivity contribution in [3.8, 4) is 0 Å². The molecule has 1 saturated heterocycles. The third-order valence-corrected chi connectivity index (χ3v) is 4.16. The second-order valence-electron chi connectivity index (χ2n) is 5.42. The van der Waals surface area contributed by atoms with Gasteiger partial charge in [-0.3, -0.25) is 4.90 Å². The van der Waals surface area contributed by atoms with Gasteiger partial charge in [0, 0.05) is 25.7 Å². The first-order chi connectivity index (χ1) is 8.76. The molecule has 1 aliphatic rings. The zero-order valence-electron chi connectivity index (χ0n) is 12.7. The van der Waals surface area contributed by atoms with Gasteiger partial charge in [-0.2, -0.15) is 0 Å². The number of ether oxygens (including phenoxy) is 1. The predicted octanol–water partition coefficient (Wildman–Crippen LogP) is 2.65. The molecule has 0 aromatic heterocycles. The van der Waals surface area contributed by atoms with Crippen molar-refractivity contribution in [1.82, 2.24) is 10.2 Å². The van der Waals surface area contributed by atoms with Crippen LogP contribution in [0.1, 0.15) is 52.9 Å². The molecular weight excluding hydrogens is 224 g/mol. The molecule has 0 bridgehead atoms. The molecule has 0 aliphatic carbocycles. The minimum atomic E-state index is 0.441. The van der Waals surface area contributed by atoms with E-state index in [1.165, 1.54) is 38.6 Å². The maximum Gasteiger partial charge on any atom is 0.0698 e. The molecule has 1 heterocycles. The SMILES string of the molecule is CCCC(NCC)C(CC)N1CCCC(OC)C1. The Kier molecular flexibility index (Phi) is 7.87. The zero-order valence-corrected chi connectivity index (χ0v) is 12.7. The third-order valence-electron chi connectivity index (χ3n) is 4.16. The third kappa shape index (κ3) is 4.52. The number of rotatable bonds is 8. The molecule has 1 aliphatic heterocycles. The molecule has 18 heavy (non-hydrogen) atoms. The van der Waals surface area contributed by atoms with Crippen molar-refractivity contribution >= 4 is 0 Å². The molecule has 3 unspecified atom stereocenters. The lowest BCUT2D eigenvalue weighted by molar-refractivity contribution is 0.00577. The minimum Gasteiger partial charge on any atom is -0.380 e. The number of hydrogen-bond acceptors (Lipinski definition) is 3. The number of likely N-dealkylation sites (N-methyl/N-ethyl adjacent to an activating group) is 1. The summed E-state index contributed by atoms with van der Waals surface area (Å²) in [5.41, 5.74) is 0. The first kappa shape index (κ1) is 15.9. The number of likely N-dealkylation sites (tertiary alicyclic amines) is 1. The van der Waals surface area contributed by atoms with Crippen LogP contribution in [0.25, 0.3) is 0 Å². The highest BCUT2D eigenvalue weighted by Crippen LogP contribution is 2.20. The van der Waals surface area contributed by atoms with Gasteiger partial charge in [0.25, 0.3) is 0 Å². The second kappa shape index (κ2) is 8.89. The maximum atomic E-state index is 5.55. The van der Waals surface area contributed by atoms with Crippen molar-refractivity contribution in [2.45, 2.75) is 71.1 Å². The molecular formula is C15H32N2O. The molecule has 0 spiro atoms. The lowest BCUT2D eigenvalue weighted by atomic mass is 9.96. The Labute approximate surface area is 113 Å². The smallest absolute Gasteiger partial charge is 0.0698 e. The number of methoxy groups -OCH3 is 1. The van der Waals surface area contributed by atoms with E-state index < -0.39 is 0 Å². The summed E-state index contributed by atoms with van der Waals surface area (Å²) in [5.74, 6) is 0. The van der Waals surface area contributed by atoms with E-state index in [4.69, 9.17) is 4.74 Å². The van der Waals surface area contributed by atoms with Crippen molar-refractivity contribution < 1.29 is 4.74 Å². The van der Waals surface area contributed by atoms with Crippen LogP contribution >= 0.6 is 0 Å². The van der Waals surface area contributed by atoms with Crippen molar-refractivity contribution in [2.24, 2.45) is 0 Å². The van der Waals surface area contributed by atoms with Crippen molar-refractivity contribution in [1.29, 1.82) is 0 Å². The summed E-state index contributed by atoms with van der Waals surface area (Å²) < 4.78 is 5.55. The van der Waals surface area contributed by atoms with Crippen molar-refractivity contribution in [3.05, 3.63) is 0 Å². The average molecular weight is 256 g/mol. The van der Waals surface area contributed by atoms with Gasteiger partial charge in [-0.25, -0.2) is 0 Å². The van der Waals surface area contributed by atoms with Crippen LogP contribution in [0.5, 0.6) is 0 Å². The minimum absolute atomic E-state index is 0.441. The molecule has 0 aromatic carbocycles. The van der Waals surface area contributed by atoms with Gasteiger partial charge >= 0.3 is 0 Å². The van der Waals surface area contributed by atoms with E-state index in [0.717, 1.165) is 13.1 Å². The number of nitrogens with zero attached hydrogens (tertiary/aromatic N) is 1. The molecule has 1 N–H and O–H groups in total. The molecule has 0 aromatic rings. The number of hydrogen-bond donors (Lipinski definition) is 1. The van der Waals surface area contributed by atoms with Crippen LogP contribution in [0.2, 0.25) is 0 Å². The Morgan fingerprint density at radius 1 is 1.33 bits per heavy atom. The van der Waals surface area contributed by atoms with Crippen LogP contribution in [-0.2, 0) is 4.74 Å². The average Bonchev–Trinajstić information content (AvgIpc) is 2.40. The van der Waals surface area contributed by atoms with E-state index in [2.05, 4.69) is 31.0 Å². The molecule has 108 valence electrons. The normalized spacial score (nSPS) is 25.0. The Morgan fingerprint density at radius 2 is 2.11 bits per heavy atom. The van der Waals surface area contributed by atoms with Gasteiger partial charge in [0.1, 0.15) is 0 Å². The fourth-order valence-corrected chi connectivity index (χ4v) is 3.26. The van der Waals surface area contributed by atoms with E-state index in [1.807, 2.05) is 7.11 Å². The largest absolute Gasteiger partial charge is 0.380 e. The molecule has 3 nitrogen and oxygen atoms in total. The van der Waals surface area contributed by atoms with Gasteiger partial charge in [0.05, 0.1) is 6.10 Å². The Bertz CT molecular complexity index is 205. The second-order valence-corrected chi connectivity index (χ2v) is 5.42. The standard InChI is InChI=1S/C15H32N2O/c1-5-9-14(16-7-3)15(6-2)17-11-8-10-13(12-17)18-4/h13-16H,5-12H2,1-4H3.